The molecule has 1 aliphatic rings. The van der Waals surface area contributed by atoms with Crippen molar-refractivity contribution in [1.82, 2.24) is 4.57 Å². The summed E-state index contributed by atoms with van der Waals surface area (Å²) in [6.45, 7) is 0.664. The molecule has 6 heteroatoms. The Bertz CT molecular complexity index is 780. The summed E-state index contributed by atoms with van der Waals surface area (Å²) in [7, 11) is 0. The Morgan fingerprint density at radius 3 is 2.79 bits per heavy atom. The van der Waals surface area contributed by atoms with Gasteiger partial charge in [-0.1, -0.05) is 0 Å². The summed E-state index contributed by atoms with van der Waals surface area (Å²) in [5.74, 6) is -1.46. The lowest BCUT2D eigenvalue weighted by Crippen LogP contribution is -2.27. The van der Waals surface area contributed by atoms with Crippen LogP contribution in [0.2, 0.25) is 0 Å². The van der Waals surface area contributed by atoms with Crippen molar-refractivity contribution in [3.8, 4) is 0 Å². The Labute approximate surface area is 107 Å². The van der Waals surface area contributed by atoms with Crippen molar-refractivity contribution in [2.24, 2.45) is 5.73 Å². The second-order valence-corrected chi connectivity index (χ2v) is 4.63. The summed E-state index contributed by atoms with van der Waals surface area (Å²) in [6.07, 6.45) is 1.43. The number of benzene rings is 1. The van der Waals surface area contributed by atoms with Gasteiger partial charge < -0.3 is 16.0 Å². The standard InChI is InChI=1S/C13H12FN3O2/c14-6-3-4-8-9(11(6)15)12(18)10(13(16)19)7-2-1-5-17(7)8/h3-4H,1-2,5,15H2,(H2,16,19). The molecule has 98 valence electrons. The number of anilines is 1. The number of primary amides is 1. The van der Waals surface area contributed by atoms with Crippen LogP contribution in [0.3, 0.4) is 0 Å². The van der Waals surface area contributed by atoms with E-state index in [0.29, 0.717) is 24.2 Å². The maximum Gasteiger partial charge on any atom is 0.254 e. The fraction of sp³-hybridized carbons (Fsp3) is 0.231. The van der Waals surface area contributed by atoms with E-state index in [-0.39, 0.29) is 16.6 Å². The number of carbonyl (C=O) groups excluding carboxylic acids is 1. The summed E-state index contributed by atoms with van der Waals surface area (Å²) in [4.78, 5) is 23.8. The quantitative estimate of drug-likeness (QED) is 0.743. The summed E-state index contributed by atoms with van der Waals surface area (Å²) in [6, 6.07) is 2.74. The number of hydrogen-bond donors (Lipinski definition) is 2. The molecule has 0 spiro atoms. The fourth-order valence-corrected chi connectivity index (χ4v) is 2.76. The number of amides is 1. The van der Waals surface area contributed by atoms with Gasteiger partial charge in [0.2, 0.25) is 5.43 Å². The van der Waals surface area contributed by atoms with Gasteiger partial charge in [0.25, 0.3) is 5.91 Å². The third-order valence-electron chi connectivity index (χ3n) is 3.57. The lowest BCUT2D eigenvalue weighted by molar-refractivity contribution is 0.0998. The first kappa shape index (κ1) is 11.7. The smallest absolute Gasteiger partial charge is 0.254 e. The second-order valence-electron chi connectivity index (χ2n) is 4.63. The number of nitrogens with two attached hydrogens (primary N) is 2. The van der Waals surface area contributed by atoms with Crippen LogP contribution >= 0.6 is 0 Å². The van der Waals surface area contributed by atoms with Crippen LogP contribution < -0.4 is 16.9 Å². The molecule has 5 nitrogen and oxygen atoms in total. The maximum absolute atomic E-state index is 13.5. The summed E-state index contributed by atoms with van der Waals surface area (Å²) in [5, 5.41) is 0.0412. The van der Waals surface area contributed by atoms with E-state index in [1.807, 2.05) is 4.57 Å². The number of halogens is 1. The van der Waals surface area contributed by atoms with E-state index in [9.17, 15) is 14.0 Å². The number of nitrogen functional groups attached to an aromatic ring is 1. The molecule has 0 aliphatic carbocycles. The number of hydrogen-bond acceptors (Lipinski definition) is 3. The Morgan fingerprint density at radius 2 is 2.11 bits per heavy atom. The molecule has 0 saturated heterocycles. The highest BCUT2D eigenvalue weighted by atomic mass is 19.1. The maximum atomic E-state index is 13.5. The Hall–Kier alpha value is -2.37. The summed E-state index contributed by atoms with van der Waals surface area (Å²) in [5.41, 5.74) is 11.2. The normalized spacial score (nSPS) is 13.7. The van der Waals surface area contributed by atoms with Gasteiger partial charge in [0.1, 0.15) is 11.4 Å². The van der Waals surface area contributed by atoms with Crippen molar-refractivity contribution in [3.63, 3.8) is 0 Å². The molecule has 0 unspecified atom stereocenters. The number of fused-ring (bicyclic) bond motifs is 3. The largest absolute Gasteiger partial charge is 0.396 e. The van der Waals surface area contributed by atoms with Crippen LogP contribution in [0, 0.1) is 5.82 Å². The molecule has 1 aromatic carbocycles. The van der Waals surface area contributed by atoms with Crippen LogP contribution in [0.5, 0.6) is 0 Å². The van der Waals surface area contributed by atoms with Gasteiger partial charge in [-0.3, -0.25) is 9.59 Å². The van der Waals surface area contributed by atoms with E-state index in [1.54, 1.807) is 0 Å². The van der Waals surface area contributed by atoms with E-state index < -0.39 is 17.2 Å². The molecule has 1 aliphatic heterocycles. The molecule has 0 radical (unpaired) electrons. The Morgan fingerprint density at radius 1 is 1.37 bits per heavy atom. The molecule has 1 amide bonds. The molecule has 0 saturated carbocycles. The van der Waals surface area contributed by atoms with Gasteiger partial charge in [-0.2, -0.15) is 0 Å². The topological polar surface area (TPSA) is 91.1 Å². The first-order valence-corrected chi connectivity index (χ1v) is 5.95. The van der Waals surface area contributed by atoms with Crippen molar-refractivity contribution in [2.45, 2.75) is 19.4 Å². The number of carbonyl (C=O) groups is 1. The molecule has 1 aromatic heterocycles. The predicted octanol–water partition coefficient (Wildman–Crippen LogP) is 0.768. The minimum absolute atomic E-state index is 0.0412. The second kappa shape index (κ2) is 3.81. The predicted molar refractivity (Wildman–Crippen MR) is 69.4 cm³/mol. The van der Waals surface area contributed by atoms with Gasteiger partial charge in [0.05, 0.1) is 16.6 Å². The first-order chi connectivity index (χ1) is 9.02. The van der Waals surface area contributed by atoms with E-state index in [2.05, 4.69) is 0 Å². The average Bonchev–Trinajstić information content (AvgIpc) is 2.81. The third kappa shape index (κ3) is 1.46. The van der Waals surface area contributed by atoms with Crippen molar-refractivity contribution in [3.05, 3.63) is 39.4 Å². The van der Waals surface area contributed by atoms with Gasteiger partial charge in [-0.25, -0.2) is 4.39 Å². The van der Waals surface area contributed by atoms with Gasteiger partial charge in [-0.15, -0.1) is 0 Å². The number of nitrogens with zero attached hydrogens (tertiary/aromatic N) is 1. The highest BCUT2D eigenvalue weighted by Gasteiger charge is 2.25. The van der Waals surface area contributed by atoms with Gasteiger partial charge in [0, 0.05) is 12.2 Å². The Balaban J connectivity index is 2.60. The van der Waals surface area contributed by atoms with Crippen LogP contribution in [-0.4, -0.2) is 10.5 Å². The molecule has 2 heterocycles. The lowest BCUT2D eigenvalue weighted by Gasteiger charge is -2.13. The molecular formula is C13H12FN3O2. The van der Waals surface area contributed by atoms with Crippen LogP contribution in [0.15, 0.2) is 16.9 Å². The molecule has 0 fully saturated rings. The summed E-state index contributed by atoms with van der Waals surface area (Å²) >= 11 is 0. The van der Waals surface area contributed by atoms with E-state index in [0.717, 1.165) is 6.42 Å². The minimum Gasteiger partial charge on any atom is -0.396 e. The van der Waals surface area contributed by atoms with Crippen molar-refractivity contribution >= 4 is 22.5 Å². The zero-order valence-corrected chi connectivity index (χ0v) is 10.1. The molecule has 4 N–H and O–H groups in total. The monoisotopic (exact) mass is 261 g/mol. The highest BCUT2D eigenvalue weighted by molar-refractivity contribution is 6.00. The van der Waals surface area contributed by atoms with E-state index in [1.165, 1.54) is 12.1 Å². The van der Waals surface area contributed by atoms with Crippen LogP contribution in [0.1, 0.15) is 22.5 Å². The SMILES string of the molecule is NC(=O)c1c2n(c3ccc(F)c(N)c3c1=O)CCC2. The van der Waals surface area contributed by atoms with Crippen LogP contribution in [-0.2, 0) is 13.0 Å². The molecule has 0 bridgehead atoms. The Kier molecular flexibility index (Phi) is 2.35. The third-order valence-corrected chi connectivity index (χ3v) is 3.57. The van der Waals surface area contributed by atoms with Crippen molar-refractivity contribution in [1.29, 1.82) is 0 Å². The van der Waals surface area contributed by atoms with Gasteiger partial charge in [-0.05, 0) is 25.0 Å². The first-order valence-electron chi connectivity index (χ1n) is 5.95. The fourth-order valence-electron chi connectivity index (χ4n) is 2.76. The minimum atomic E-state index is -0.791. The van der Waals surface area contributed by atoms with E-state index in [4.69, 9.17) is 11.5 Å². The molecule has 2 aromatic rings. The molecule has 0 atom stereocenters. The number of pyridine rings is 1. The zero-order chi connectivity index (χ0) is 13.7. The molecular weight excluding hydrogens is 249 g/mol. The molecule has 3 rings (SSSR count). The van der Waals surface area contributed by atoms with Crippen LogP contribution in [0.4, 0.5) is 10.1 Å². The lowest BCUT2D eigenvalue weighted by atomic mass is 10.0. The van der Waals surface area contributed by atoms with Gasteiger partial charge >= 0.3 is 0 Å². The van der Waals surface area contributed by atoms with Crippen molar-refractivity contribution < 1.29 is 9.18 Å². The zero-order valence-electron chi connectivity index (χ0n) is 10.1. The van der Waals surface area contributed by atoms with Crippen molar-refractivity contribution in [2.75, 3.05) is 5.73 Å². The average molecular weight is 261 g/mol. The number of aryl methyl sites for hydroxylation is 1. The van der Waals surface area contributed by atoms with Gasteiger partial charge in [0.15, 0.2) is 0 Å². The van der Waals surface area contributed by atoms with Crippen LogP contribution in [0.25, 0.3) is 10.9 Å². The van der Waals surface area contributed by atoms with E-state index >= 15 is 0 Å². The number of rotatable bonds is 1. The number of aromatic nitrogens is 1. The highest BCUT2D eigenvalue weighted by Crippen LogP contribution is 2.27. The summed E-state index contributed by atoms with van der Waals surface area (Å²) < 4.78 is 15.3. The molecule has 19 heavy (non-hydrogen) atoms.